The van der Waals surface area contributed by atoms with E-state index in [1.807, 2.05) is 47.8 Å². The molecular weight excluding hydrogens is 408 g/mol. The predicted octanol–water partition coefficient (Wildman–Crippen LogP) is 4.36. The minimum atomic E-state index is -0.151. The van der Waals surface area contributed by atoms with Crippen molar-refractivity contribution in [3.05, 3.63) is 60.0 Å². The largest absolute Gasteiger partial charge is 0.497 e. The van der Waals surface area contributed by atoms with Crippen LogP contribution >= 0.6 is 11.3 Å². The van der Waals surface area contributed by atoms with Crippen LogP contribution in [0.2, 0.25) is 0 Å². The van der Waals surface area contributed by atoms with E-state index >= 15 is 0 Å². The highest BCUT2D eigenvalue weighted by molar-refractivity contribution is 7.14. The van der Waals surface area contributed by atoms with Crippen molar-refractivity contribution in [2.24, 2.45) is 0 Å². The smallest absolute Gasteiger partial charge is 0.243 e. The lowest BCUT2D eigenvalue weighted by Crippen LogP contribution is -2.53. The number of aromatic nitrogens is 1. The molecule has 6 nitrogen and oxygen atoms in total. The molecular formula is C24H28N4O2S. The molecule has 1 amide bonds. The molecule has 0 aliphatic carbocycles. The van der Waals surface area contributed by atoms with E-state index in [4.69, 9.17) is 4.74 Å². The van der Waals surface area contributed by atoms with Crippen LogP contribution < -0.4 is 15.0 Å². The molecule has 1 N–H and O–H groups in total. The van der Waals surface area contributed by atoms with Gasteiger partial charge in [-0.2, -0.15) is 0 Å². The van der Waals surface area contributed by atoms with Crippen molar-refractivity contribution in [3.63, 3.8) is 0 Å². The van der Waals surface area contributed by atoms with Crippen molar-refractivity contribution < 1.29 is 9.53 Å². The number of methoxy groups -OCH3 is 1. The van der Waals surface area contributed by atoms with Gasteiger partial charge in [0.05, 0.1) is 18.8 Å². The lowest BCUT2D eigenvalue weighted by atomic mass is 10.1. The molecule has 1 fully saturated rings. The molecule has 2 aromatic carbocycles. The van der Waals surface area contributed by atoms with Crippen LogP contribution in [0.15, 0.2) is 60.0 Å². The second-order valence-electron chi connectivity index (χ2n) is 7.54. The van der Waals surface area contributed by atoms with Gasteiger partial charge in [-0.25, -0.2) is 4.98 Å². The van der Waals surface area contributed by atoms with Gasteiger partial charge in [0.25, 0.3) is 0 Å². The molecule has 1 aliphatic rings. The molecule has 162 valence electrons. The van der Waals surface area contributed by atoms with Gasteiger partial charge in [0.15, 0.2) is 5.13 Å². The van der Waals surface area contributed by atoms with Gasteiger partial charge < -0.3 is 15.0 Å². The molecule has 0 bridgehead atoms. The molecule has 0 spiro atoms. The summed E-state index contributed by atoms with van der Waals surface area (Å²) in [7, 11) is 1.68. The number of benzene rings is 2. The number of hydrogen-bond acceptors (Lipinski definition) is 6. The Labute approximate surface area is 187 Å². The fourth-order valence-corrected chi connectivity index (χ4v) is 4.68. The summed E-state index contributed by atoms with van der Waals surface area (Å²) in [6.07, 6.45) is 0.769. The topological polar surface area (TPSA) is 57.7 Å². The van der Waals surface area contributed by atoms with E-state index in [9.17, 15) is 4.79 Å². The second kappa shape index (κ2) is 9.94. The van der Waals surface area contributed by atoms with Crippen LogP contribution in [0.3, 0.4) is 0 Å². The Hall–Kier alpha value is -2.90. The molecule has 1 aromatic heterocycles. The van der Waals surface area contributed by atoms with Gasteiger partial charge in [-0.05, 0) is 30.7 Å². The molecule has 0 saturated carbocycles. The first-order chi connectivity index (χ1) is 15.2. The van der Waals surface area contributed by atoms with E-state index in [2.05, 4.69) is 39.2 Å². The Morgan fingerprint density at radius 1 is 1.10 bits per heavy atom. The Morgan fingerprint density at radius 2 is 1.81 bits per heavy atom. The van der Waals surface area contributed by atoms with E-state index in [0.29, 0.717) is 5.13 Å². The van der Waals surface area contributed by atoms with Crippen molar-refractivity contribution in [1.29, 1.82) is 0 Å². The summed E-state index contributed by atoms with van der Waals surface area (Å²) in [5, 5.41) is 5.67. The van der Waals surface area contributed by atoms with E-state index in [1.54, 1.807) is 7.11 Å². The molecule has 4 rings (SSSR count). The zero-order valence-electron chi connectivity index (χ0n) is 18.0. The molecule has 3 aromatic rings. The third-order valence-electron chi connectivity index (χ3n) is 5.69. The maximum atomic E-state index is 13.0. The lowest BCUT2D eigenvalue weighted by molar-refractivity contribution is -0.121. The Bertz CT molecular complexity index is 982. The van der Waals surface area contributed by atoms with Gasteiger partial charge in [-0.1, -0.05) is 37.3 Å². The molecule has 2 heterocycles. The third-order valence-corrected chi connectivity index (χ3v) is 6.44. The van der Waals surface area contributed by atoms with Crippen molar-refractivity contribution in [3.8, 4) is 17.0 Å². The summed E-state index contributed by atoms with van der Waals surface area (Å²) in [6, 6.07) is 18.0. The van der Waals surface area contributed by atoms with Crippen LogP contribution in [0.25, 0.3) is 11.3 Å². The summed E-state index contributed by atoms with van der Waals surface area (Å²) in [4.78, 5) is 22.2. The molecule has 7 heteroatoms. The van der Waals surface area contributed by atoms with E-state index in [0.717, 1.165) is 49.6 Å². The van der Waals surface area contributed by atoms with Crippen LogP contribution in [0.5, 0.6) is 5.75 Å². The number of hydrogen-bond donors (Lipinski definition) is 1. The number of carbonyl (C=O) groups excluding carboxylic acids is 1. The Kier molecular flexibility index (Phi) is 6.84. The van der Waals surface area contributed by atoms with Gasteiger partial charge in [-0.3, -0.25) is 9.69 Å². The van der Waals surface area contributed by atoms with Crippen molar-refractivity contribution >= 4 is 28.1 Å². The van der Waals surface area contributed by atoms with Gasteiger partial charge >= 0.3 is 0 Å². The molecule has 31 heavy (non-hydrogen) atoms. The second-order valence-corrected chi connectivity index (χ2v) is 8.40. The number of rotatable bonds is 7. The number of thiazole rings is 1. The maximum absolute atomic E-state index is 13.0. The SMILES string of the molecule is CCC(C(=O)Nc1nc(-c2ccccc2)cs1)N1CCN(c2ccc(OC)cc2)CC1. The zero-order valence-corrected chi connectivity index (χ0v) is 18.8. The first-order valence-corrected chi connectivity index (χ1v) is 11.5. The van der Waals surface area contributed by atoms with Crippen LogP contribution in [0.1, 0.15) is 13.3 Å². The predicted molar refractivity (Wildman–Crippen MR) is 127 cm³/mol. The van der Waals surface area contributed by atoms with Crippen LogP contribution in [-0.2, 0) is 4.79 Å². The zero-order chi connectivity index (χ0) is 21.6. The Morgan fingerprint density at radius 3 is 2.45 bits per heavy atom. The van der Waals surface area contributed by atoms with E-state index in [-0.39, 0.29) is 11.9 Å². The monoisotopic (exact) mass is 436 g/mol. The summed E-state index contributed by atoms with van der Waals surface area (Å²) in [6.45, 7) is 5.56. The highest BCUT2D eigenvalue weighted by atomic mass is 32.1. The number of nitrogens with zero attached hydrogens (tertiary/aromatic N) is 3. The van der Waals surface area contributed by atoms with E-state index < -0.39 is 0 Å². The number of ether oxygens (including phenoxy) is 1. The number of anilines is 2. The summed E-state index contributed by atoms with van der Waals surface area (Å²) in [5.41, 5.74) is 3.14. The van der Waals surface area contributed by atoms with Crippen LogP contribution in [0, 0.1) is 0 Å². The lowest BCUT2D eigenvalue weighted by Gasteiger charge is -2.39. The van der Waals surface area contributed by atoms with Crippen molar-refractivity contribution in [2.45, 2.75) is 19.4 Å². The number of amides is 1. The summed E-state index contributed by atoms with van der Waals surface area (Å²) < 4.78 is 5.25. The van der Waals surface area contributed by atoms with Gasteiger partial charge in [0.2, 0.25) is 5.91 Å². The first kappa shape index (κ1) is 21.3. The van der Waals surface area contributed by atoms with Crippen LogP contribution in [-0.4, -0.2) is 55.1 Å². The number of nitrogens with one attached hydrogen (secondary N) is 1. The molecule has 1 atom stereocenters. The minimum absolute atomic E-state index is 0.0226. The molecule has 1 aliphatic heterocycles. The highest BCUT2D eigenvalue weighted by Crippen LogP contribution is 2.26. The third kappa shape index (κ3) is 5.06. The fourth-order valence-electron chi connectivity index (χ4n) is 3.96. The quantitative estimate of drug-likeness (QED) is 0.596. The maximum Gasteiger partial charge on any atom is 0.243 e. The van der Waals surface area contributed by atoms with Gasteiger partial charge in [-0.15, -0.1) is 11.3 Å². The average Bonchev–Trinajstić information content (AvgIpc) is 3.29. The summed E-state index contributed by atoms with van der Waals surface area (Å²) >= 11 is 1.47. The number of carbonyl (C=O) groups is 1. The Balaban J connectivity index is 1.34. The van der Waals surface area contributed by atoms with Crippen LogP contribution in [0.4, 0.5) is 10.8 Å². The van der Waals surface area contributed by atoms with Gasteiger partial charge in [0.1, 0.15) is 5.75 Å². The van der Waals surface area contributed by atoms with Crippen molar-refractivity contribution in [1.82, 2.24) is 9.88 Å². The summed E-state index contributed by atoms with van der Waals surface area (Å²) in [5.74, 6) is 0.886. The van der Waals surface area contributed by atoms with Gasteiger partial charge in [0, 0.05) is 42.8 Å². The van der Waals surface area contributed by atoms with Crippen molar-refractivity contribution in [2.75, 3.05) is 43.5 Å². The minimum Gasteiger partial charge on any atom is -0.497 e. The molecule has 1 saturated heterocycles. The van der Waals surface area contributed by atoms with E-state index in [1.165, 1.54) is 17.0 Å². The molecule has 0 radical (unpaired) electrons. The number of piperazine rings is 1. The molecule has 1 unspecified atom stereocenters. The first-order valence-electron chi connectivity index (χ1n) is 10.6. The highest BCUT2D eigenvalue weighted by Gasteiger charge is 2.28. The standard InChI is InChI=1S/C24H28N4O2S/c1-3-22(23(29)26-24-25-21(17-31-24)18-7-5-4-6-8-18)28-15-13-27(14-16-28)19-9-11-20(30-2)12-10-19/h4-12,17,22H,3,13-16H2,1-2H3,(H,25,26,29). The average molecular weight is 437 g/mol. The normalized spacial score (nSPS) is 15.5. The fraction of sp³-hybridized carbons (Fsp3) is 0.333.